The number of allylic oxidation sites excluding steroid dienone is 2. The Morgan fingerprint density at radius 1 is 1.30 bits per heavy atom. The fraction of sp³-hybridized carbons (Fsp3) is 0.421. The first kappa shape index (κ1) is 14.4. The summed E-state index contributed by atoms with van der Waals surface area (Å²) in [6.07, 6.45) is 9.12. The monoisotopic (exact) mass is 310 g/mol. The SMILES string of the molecule is COc1cccc2ccn(CC(=O)NC[C@@H]3C[C@@H]4C=C[C@@H]3C4)c12. The predicted molar refractivity (Wildman–Crippen MR) is 90.3 cm³/mol. The number of fused-ring (bicyclic) bond motifs is 3. The van der Waals surface area contributed by atoms with Gasteiger partial charge in [0.2, 0.25) is 5.91 Å². The van der Waals surface area contributed by atoms with Crippen molar-refractivity contribution in [3.05, 3.63) is 42.6 Å². The Bertz CT molecular complexity index is 762. The van der Waals surface area contributed by atoms with Gasteiger partial charge in [0, 0.05) is 18.1 Å². The summed E-state index contributed by atoms with van der Waals surface area (Å²) in [7, 11) is 1.66. The van der Waals surface area contributed by atoms with Crippen LogP contribution in [0.2, 0.25) is 0 Å². The molecule has 1 saturated carbocycles. The van der Waals surface area contributed by atoms with E-state index in [4.69, 9.17) is 4.74 Å². The molecule has 1 aromatic heterocycles. The van der Waals surface area contributed by atoms with Gasteiger partial charge < -0.3 is 14.6 Å². The number of amides is 1. The number of ether oxygens (including phenoxy) is 1. The molecule has 1 fully saturated rings. The third-order valence-corrected chi connectivity index (χ3v) is 5.26. The molecule has 120 valence electrons. The molecule has 2 aliphatic rings. The number of nitrogens with one attached hydrogen (secondary N) is 1. The third kappa shape index (κ3) is 2.62. The maximum Gasteiger partial charge on any atom is 0.239 e. The molecule has 2 bridgehead atoms. The summed E-state index contributed by atoms with van der Waals surface area (Å²) in [5.41, 5.74) is 0.980. The highest BCUT2D eigenvalue weighted by molar-refractivity contribution is 5.87. The molecule has 1 amide bonds. The second-order valence-corrected chi connectivity index (χ2v) is 6.69. The van der Waals surface area contributed by atoms with E-state index >= 15 is 0 Å². The number of carbonyl (C=O) groups is 1. The molecular weight excluding hydrogens is 288 g/mol. The maximum absolute atomic E-state index is 12.3. The van der Waals surface area contributed by atoms with Crippen LogP contribution in [0, 0.1) is 17.8 Å². The van der Waals surface area contributed by atoms with E-state index in [2.05, 4.69) is 17.5 Å². The number of para-hydroxylation sites is 1. The van der Waals surface area contributed by atoms with Gasteiger partial charge in [-0.3, -0.25) is 4.79 Å². The topological polar surface area (TPSA) is 43.3 Å². The average Bonchev–Trinajstić information content (AvgIpc) is 3.28. The number of hydrogen-bond acceptors (Lipinski definition) is 2. The van der Waals surface area contributed by atoms with Gasteiger partial charge in [-0.1, -0.05) is 24.3 Å². The second-order valence-electron chi connectivity index (χ2n) is 6.69. The molecule has 4 rings (SSSR count). The van der Waals surface area contributed by atoms with Gasteiger partial charge in [-0.15, -0.1) is 0 Å². The van der Waals surface area contributed by atoms with Crippen LogP contribution in [-0.4, -0.2) is 24.1 Å². The van der Waals surface area contributed by atoms with E-state index in [1.54, 1.807) is 7.11 Å². The van der Waals surface area contributed by atoms with Gasteiger partial charge in [0.05, 0.1) is 12.6 Å². The summed E-state index contributed by atoms with van der Waals surface area (Å²) in [5, 5.41) is 4.21. The summed E-state index contributed by atoms with van der Waals surface area (Å²) < 4.78 is 7.39. The first-order valence-electron chi connectivity index (χ1n) is 8.31. The summed E-state index contributed by atoms with van der Waals surface area (Å²) in [5.74, 6) is 2.91. The number of benzene rings is 1. The molecule has 23 heavy (non-hydrogen) atoms. The van der Waals surface area contributed by atoms with Crippen LogP contribution in [-0.2, 0) is 11.3 Å². The van der Waals surface area contributed by atoms with E-state index < -0.39 is 0 Å². The van der Waals surface area contributed by atoms with Crippen molar-refractivity contribution in [2.75, 3.05) is 13.7 Å². The van der Waals surface area contributed by atoms with Crippen molar-refractivity contribution in [3.8, 4) is 5.75 Å². The number of hydrogen-bond donors (Lipinski definition) is 1. The van der Waals surface area contributed by atoms with Gasteiger partial charge in [-0.05, 0) is 42.7 Å². The zero-order chi connectivity index (χ0) is 15.8. The Kier molecular flexibility index (Phi) is 3.60. The van der Waals surface area contributed by atoms with Crippen molar-refractivity contribution < 1.29 is 9.53 Å². The Morgan fingerprint density at radius 2 is 2.22 bits per heavy atom. The highest BCUT2D eigenvalue weighted by Gasteiger charge is 2.35. The smallest absolute Gasteiger partial charge is 0.239 e. The van der Waals surface area contributed by atoms with Gasteiger partial charge in [0.25, 0.3) is 0 Å². The molecule has 1 heterocycles. The lowest BCUT2D eigenvalue weighted by Crippen LogP contribution is -2.33. The molecule has 1 N–H and O–H groups in total. The minimum atomic E-state index is 0.0696. The highest BCUT2D eigenvalue weighted by atomic mass is 16.5. The lowest BCUT2D eigenvalue weighted by molar-refractivity contribution is -0.121. The van der Waals surface area contributed by atoms with Crippen LogP contribution in [0.15, 0.2) is 42.6 Å². The quantitative estimate of drug-likeness (QED) is 0.863. The van der Waals surface area contributed by atoms with E-state index in [9.17, 15) is 4.79 Å². The lowest BCUT2D eigenvalue weighted by Gasteiger charge is -2.18. The fourth-order valence-corrected chi connectivity index (χ4v) is 4.11. The van der Waals surface area contributed by atoms with Crippen molar-refractivity contribution in [1.82, 2.24) is 9.88 Å². The minimum absolute atomic E-state index is 0.0696. The van der Waals surface area contributed by atoms with Crippen LogP contribution >= 0.6 is 0 Å². The number of rotatable bonds is 5. The van der Waals surface area contributed by atoms with Crippen LogP contribution in [0.3, 0.4) is 0 Å². The molecule has 0 spiro atoms. The number of methoxy groups -OCH3 is 1. The van der Waals surface area contributed by atoms with E-state index in [1.165, 1.54) is 12.8 Å². The van der Waals surface area contributed by atoms with Crippen LogP contribution in [0.5, 0.6) is 5.75 Å². The normalized spacial score (nSPS) is 25.2. The third-order valence-electron chi connectivity index (χ3n) is 5.26. The fourth-order valence-electron chi connectivity index (χ4n) is 4.11. The molecule has 0 saturated heterocycles. The predicted octanol–water partition coefficient (Wildman–Crippen LogP) is 2.98. The van der Waals surface area contributed by atoms with Crippen molar-refractivity contribution >= 4 is 16.8 Å². The van der Waals surface area contributed by atoms with Crippen molar-refractivity contribution in [3.63, 3.8) is 0 Å². The van der Waals surface area contributed by atoms with E-state index in [-0.39, 0.29) is 5.91 Å². The van der Waals surface area contributed by atoms with Gasteiger partial charge in [0.15, 0.2) is 0 Å². The molecular formula is C19H22N2O2. The highest BCUT2D eigenvalue weighted by Crippen LogP contribution is 2.42. The molecule has 0 radical (unpaired) electrons. The van der Waals surface area contributed by atoms with Gasteiger partial charge in [0.1, 0.15) is 12.3 Å². The standard InChI is InChI=1S/C19H22N2O2/c1-23-17-4-2-3-14-7-8-21(19(14)17)12-18(22)20-11-16-10-13-5-6-15(16)9-13/h2-8,13,15-16H,9-12H2,1H3,(H,20,22)/t13-,15-,16+/m1/s1. The average molecular weight is 310 g/mol. The molecule has 1 aromatic carbocycles. The molecule has 2 aromatic rings. The molecule has 3 atom stereocenters. The number of nitrogens with zero attached hydrogens (tertiary/aromatic N) is 1. The Labute approximate surface area is 136 Å². The summed E-state index contributed by atoms with van der Waals surface area (Å²) >= 11 is 0. The Hall–Kier alpha value is -2.23. The number of carbonyl (C=O) groups excluding carboxylic acids is 1. The number of aromatic nitrogens is 1. The summed E-state index contributed by atoms with van der Waals surface area (Å²) in [6.45, 7) is 1.13. The molecule has 4 heteroatoms. The van der Waals surface area contributed by atoms with Gasteiger partial charge in [-0.2, -0.15) is 0 Å². The lowest BCUT2D eigenvalue weighted by atomic mass is 9.94. The molecule has 4 nitrogen and oxygen atoms in total. The molecule has 0 aliphatic heterocycles. The molecule has 0 unspecified atom stereocenters. The van der Waals surface area contributed by atoms with E-state index in [1.807, 2.05) is 35.0 Å². The zero-order valence-corrected chi connectivity index (χ0v) is 13.4. The van der Waals surface area contributed by atoms with Crippen LogP contribution < -0.4 is 10.1 Å². The second kappa shape index (κ2) is 5.76. The molecule has 2 aliphatic carbocycles. The van der Waals surface area contributed by atoms with Crippen molar-refractivity contribution in [2.24, 2.45) is 17.8 Å². The van der Waals surface area contributed by atoms with Crippen molar-refractivity contribution in [2.45, 2.75) is 19.4 Å². The van der Waals surface area contributed by atoms with Crippen LogP contribution in [0.4, 0.5) is 0 Å². The van der Waals surface area contributed by atoms with Crippen LogP contribution in [0.25, 0.3) is 10.9 Å². The largest absolute Gasteiger partial charge is 0.495 e. The maximum atomic E-state index is 12.3. The minimum Gasteiger partial charge on any atom is -0.495 e. The summed E-state index contributed by atoms with van der Waals surface area (Å²) in [6, 6.07) is 7.95. The summed E-state index contributed by atoms with van der Waals surface area (Å²) in [4.78, 5) is 12.3. The first-order valence-corrected chi connectivity index (χ1v) is 8.31. The van der Waals surface area contributed by atoms with Gasteiger partial charge in [-0.25, -0.2) is 0 Å². The van der Waals surface area contributed by atoms with Crippen LogP contribution in [0.1, 0.15) is 12.8 Å². The Balaban J connectivity index is 1.42. The van der Waals surface area contributed by atoms with E-state index in [0.29, 0.717) is 18.4 Å². The Morgan fingerprint density at radius 3 is 2.96 bits per heavy atom. The van der Waals surface area contributed by atoms with E-state index in [0.717, 1.165) is 29.1 Å². The van der Waals surface area contributed by atoms with Crippen molar-refractivity contribution in [1.29, 1.82) is 0 Å². The first-order chi connectivity index (χ1) is 11.2. The van der Waals surface area contributed by atoms with Gasteiger partial charge >= 0.3 is 0 Å². The zero-order valence-electron chi connectivity index (χ0n) is 13.4.